The highest BCUT2D eigenvalue weighted by Crippen LogP contribution is 2.28. The van der Waals surface area contributed by atoms with Gasteiger partial charge in [-0.1, -0.05) is 36.4 Å². The van der Waals surface area contributed by atoms with Crippen molar-refractivity contribution >= 4 is 23.2 Å². The first-order valence-corrected chi connectivity index (χ1v) is 11.1. The van der Waals surface area contributed by atoms with Gasteiger partial charge in [0.15, 0.2) is 0 Å². The molecule has 4 rings (SSSR count). The second-order valence-corrected chi connectivity index (χ2v) is 8.73. The molecule has 3 aromatic rings. The highest BCUT2D eigenvalue weighted by molar-refractivity contribution is 7.12. The first-order chi connectivity index (χ1) is 15.0. The van der Waals surface area contributed by atoms with E-state index in [1.165, 1.54) is 18.4 Å². The number of hydrogen-bond acceptors (Lipinski definition) is 5. The van der Waals surface area contributed by atoms with Gasteiger partial charge in [0.2, 0.25) is 0 Å². The van der Waals surface area contributed by atoms with Crippen LogP contribution < -0.4 is 4.74 Å². The molecule has 1 aromatic heterocycles. The van der Waals surface area contributed by atoms with Gasteiger partial charge in [-0.2, -0.15) is 0 Å². The Kier molecular flexibility index (Phi) is 6.09. The van der Waals surface area contributed by atoms with Crippen LogP contribution in [0.15, 0.2) is 53.9 Å². The van der Waals surface area contributed by atoms with Gasteiger partial charge in [-0.15, -0.1) is 11.3 Å². The zero-order chi connectivity index (χ0) is 22.0. The number of fused-ring (bicyclic) bond motifs is 1. The van der Waals surface area contributed by atoms with Crippen LogP contribution in [0.2, 0.25) is 0 Å². The summed E-state index contributed by atoms with van der Waals surface area (Å²) >= 11 is 1.37. The summed E-state index contributed by atoms with van der Waals surface area (Å²) in [6, 6.07) is 15.2. The van der Waals surface area contributed by atoms with E-state index < -0.39 is 12.0 Å². The number of hydrogen-bond donors (Lipinski definition) is 0. The summed E-state index contributed by atoms with van der Waals surface area (Å²) in [7, 11) is 1.36. The predicted octanol–water partition coefficient (Wildman–Crippen LogP) is 4.68. The molecule has 1 atom stereocenters. The second kappa shape index (κ2) is 8.94. The van der Waals surface area contributed by atoms with Gasteiger partial charge in [0.25, 0.3) is 5.91 Å². The van der Waals surface area contributed by atoms with E-state index in [-0.39, 0.29) is 5.91 Å². The molecule has 2 aromatic carbocycles. The highest BCUT2D eigenvalue weighted by Gasteiger charge is 2.36. The molecule has 0 saturated heterocycles. The smallest absolute Gasteiger partial charge is 0.328 e. The van der Waals surface area contributed by atoms with Crippen LogP contribution in [0.3, 0.4) is 0 Å². The number of aryl methyl sites for hydroxylation is 2. The number of carbonyl (C=O) groups is 2. The van der Waals surface area contributed by atoms with Crippen molar-refractivity contribution < 1.29 is 19.1 Å². The lowest BCUT2D eigenvalue weighted by Gasteiger charge is -2.34. The monoisotopic (exact) mass is 435 g/mol. The summed E-state index contributed by atoms with van der Waals surface area (Å²) in [5.74, 6) is 0.295. The van der Waals surface area contributed by atoms with E-state index in [1.807, 2.05) is 61.7 Å². The average Bonchev–Trinajstić information content (AvgIpc) is 3.26. The predicted molar refractivity (Wildman–Crippen MR) is 120 cm³/mol. The molecule has 1 unspecified atom stereocenters. The SMILES string of the molecule is COC(=O)C1Cc2ccccc2CN1C(=O)c1cc(COc2cc(C)ccc2C)cs1. The fourth-order valence-corrected chi connectivity index (χ4v) is 4.66. The van der Waals surface area contributed by atoms with Gasteiger partial charge in [0.05, 0.1) is 12.0 Å². The third-order valence-electron chi connectivity index (χ3n) is 5.59. The number of carbonyl (C=O) groups excluding carboxylic acids is 2. The number of ether oxygens (including phenoxy) is 2. The molecule has 0 bridgehead atoms. The van der Waals surface area contributed by atoms with E-state index in [4.69, 9.17) is 9.47 Å². The molecule has 5 nitrogen and oxygen atoms in total. The van der Waals surface area contributed by atoms with Gasteiger partial charge in [-0.05, 0) is 53.6 Å². The normalized spacial score (nSPS) is 15.3. The number of methoxy groups -OCH3 is 1. The van der Waals surface area contributed by atoms with Gasteiger partial charge in [-0.3, -0.25) is 4.79 Å². The topological polar surface area (TPSA) is 55.8 Å². The number of thiophene rings is 1. The summed E-state index contributed by atoms with van der Waals surface area (Å²) in [5, 5.41) is 1.93. The molecule has 2 heterocycles. The van der Waals surface area contributed by atoms with Gasteiger partial charge < -0.3 is 14.4 Å². The molecule has 6 heteroatoms. The minimum Gasteiger partial charge on any atom is -0.489 e. The Balaban J connectivity index is 1.51. The van der Waals surface area contributed by atoms with Crippen molar-refractivity contribution in [3.05, 3.63) is 86.6 Å². The summed E-state index contributed by atoms with van der Waals surface area (Å²) < 4.78 is 11.0. The Bertz CT molecular complexity index is 1120. The Hall–Kier alpha value is -3.12. The van der Waals surface area contributed by atoms with E-state index in [1.54, 1.807) is 4.90 Å². The van der Waals surface area contributed by atoms with Crippen LogP contribution in [0, 0.1) is 13.8 Å². The Morgan fingerprint density at radius 1 is 1.10 bits per heavy atom. The lowest BCUT2D eigenvalue weighted by atomic mass is 9.93. The highest BCUT2D eigenvalue weighted by atomic mass is 32.1. The lowest BCUT2D eigenvalue weighted by molar-refractivity contribution is -0.146. The van der Waals surface area contributed by atoms with Crippen molar-refractivity contribution in [2.24, 2.45) is 0 Å². The minimum absolute atomic E-state index is 0.159. The second-order valence-electron chi connectivity index (χ2n) is 7.82. The molecule has 0 spiro atoms. The summed E-state index contributed by atoms with van der Waals surface area (Å²) in [6.07, 6.45) is 0.461. The molecule has 0 radical (unpaired) electrons. The van der Waals surface area contributed by atoms with Crippen molar-refractivity contribution in [2.45, 2.75) is 39.5 Å². The van der Waals surface area contributed by atoms with Crippen LogP contribution in [-0.4, -0.2) is 29.9 Å². The van der Waals surface area contributed by atoms with Crippen molar-refractivity contribution in [2.75, 3.05) is 7.11 Å². The van der Waals surface area contributed by atoms with Crippen LogP contribution in [0.1, 0.15) is 37.5 Å². The zero-order valence-corrected chi connectivity index (χ0v) is 18.7. The van der Waals surface area contributed by atoms with E-state index in [2.05, 4.69) is 6.07 Å². The fourth-order valence-electron chi connectivity index (χ4n) is 3.81. The summed E-state index contributed by atoms with van der Waals surface area (Å²) in [6.45, 7) is 4.82. The largest absolute Gasteiger partial charge is 0.489 e. The molecule has 1 aliphatic heterocycles. The summed E-state index contributed by atoms with van der Waals surface area (Å²) in [5.41, 5.74) is 5.29. The third kappa shape index (κ3) is 4.49. The van der Waals surface area contributed by atoms with Gasteiger partial charge >= 0.3 is 5.97 Å². The first kappa shape index (κ1) is 21.1. The van der Waals surface area contributed by atoms with Crippen LogP contribution >= 0.6 is 11.3 Å². The molecule has 0 fully saturated rings. The molecular formula is C25H25NO4S. The van der Waals surface area contributed by atoms with Crippen molar-refractivity contribution in [1.29, 1.82) is 0 Å². The maximum Gasteiger partial charge on any atom is 0.328 e. The lowest BCUT2D eigenvalue weighted by Crippen LogP contribution is -2.49. The summed E-state index contributed by atoms with van der Waals surface area (Å²) in [4.78, 5) is 27.9. The van der Waals surface area contributed by atoms with Crippen molar-refractivity contribution in [1.82, 2.24) is 4.90 Å². The molecular weight excluding hydrogens is 410 g/mol. The molecule has 160 valence electrons. The molecule has 0 saturated carbocycles. The van der Waals surface area contributed by atoms with Gasteiger partial charge in [0.1, 0.15) is 18.4 Å². The maximum absolute atomic E-state index is 13.3. The number of esters is 1. The van der Waals surface area contributed by atoms with Gasteiger partial charge in [0, 0.05) is 18.5 Å². The van der Waals surface area contributed by atoms with Crippen LogP contribution in [0.5, 0.6) is 5.75 Å². The zero-order valence-electron chi connectivity index (χ0n) is 17.9. The Morgan fingerprint density at radius 3 is 2.65 bits per heavy atom. The van der Waals surface area contributed by atoms with Crippen LogP contribution in [-0.2, 0) is 29.1 Å². The maximum atomic E-state index is 13.3. The molecule has 1 amide bonds. The molecule has 31 heavy (non-hydrogen) atoms. The third-order valence-corrected chi connectivity index (χ3v) is 6.55. The quantitative estimate of drug-likeness (QED) is 0.546. The minimum atomic E-state index is -0.621. The van der Waals surface area contributed by atoms with E-state index >= 15 is 0 Å². The van der Waals surface area contributed by atoms with Crippen LogP contribution in [0.4, 0.5) is 0 Å². The van der Waals surface area contributed by atoms with Crippen LogP contribution in [0.25, 0.3) is 0 Å². The Labute approximate surface area is 186 Å². The van der Waals surface area contributed by atoms with Crippen molar-refractivity contribution in [3.8, 4) is 5.75 Å². The van der Waals surface area contributed by atoms with Gasteiger partial charge in [-0.25, -0.2) is 4.79 Å². The molecule has 1 aliphatic rings. The van der Waals surface area contributed by atoms with Crippen molar-refractivity contribution in [3.63, 3.8) is 0 Å². The van der Waals surface area contributed by atoms with E-state index in [0.29, 0.717) is 24.4 Å². The average molecular weight is 436 g/mol. The molecule has 0 aliphatic carbocycles. The fraction of sp³-hybridized carbons (Fsp3) is 0.280. The standard InChI is InChI=1S/C25H25NO4S/c1-16-8-9-17(2)22(10-16)30-14-18-11-23(31-15-18)24(27)26-13-20-7-5-4-6-19(20)12-21(26)25(28)29-3/h4-11,15,21H,12-14H2,1-3H3. The first-order valence-electron chi connectivity index (χ1n) is 10.2. The number of amides is 1. The molecule has 0 N–H and O–H groups in total. The number of nitrogens with zero attached hydrogens (tertiary/aromatic N) is 1. The Morgan fingerprint density at radius 2 is 1.87 bits per heavy atom. The number of benzene rings is 2. The van der Waals surface area contributed by atoms with E-state index in [9.17, 15) is 9.59 Å². The van der Waals surface area contributed by atoms with E-state index in [0.717, 1.165) is 33.6 Å². The number of rotatable bonds is 5.